The smallest absolute Gasteiger partial charge is 0.306 e. The van der Waals surface area contributed by atoms with Crippen LogP contribution in [0, 0.1) is 0 Å². The van der Waals surface area contributed by atoms with Crippen LogP contribution in [0.2, 0.25) is 0 Å². The van der Waals surface area contributed by atoms with Gasteiger partial charge in [-0.2, -0.15) is 0 Å². The van der Waals surface area contributed by atoms with E-state index in [1.54, 1.807) is 0 Å². The van der Waals surface area contributed by atoms with Gasteiger partial charge >= 0.3 is 17.9 Å². The lowest BCUT2D eigenvalue weighted by Crippen LogP contribution is -2.30. The van der Waals surface area contributed by atoms with Crippen molar-refractivity contribution < 1.29 is 28.6 Å². The molecule has 6 nitrogen and oxygen atoms in total. The molecule has 0 aliphatic rings. The molecule has 0 N–H and O–H groups in total. The topological polar surface area (TPSA) is 78.9 Å². The van der Waals surface area contributed by atoms with Crippen LogP contribution in [0.15, 0.2) is 60.8 Å². The van der Waals surface area contributed by atoms with E-state index in [0.29, 0.717) is 19.3 Å². The molecule has 0 aliphatic carbocycles. The van der Waals surface area contributed by atoms with E-state index in [2.05, 4.69) is 81.5 Å². The quantitative estimate of drug-likeness (QED) is 0.0262. The SMILES string of the molecule is CC/C=C\C/C=C\C/C=C\C/C=C\CCCCCCCCCCCCCCCCCCC(=O)OCC(COC(=O)CCCCCCCCC)OC(=O)CCCCCCC/C=C\CCCCCCC. The summed E-state index contributed by atoms with van der Waals surface area (Å²) in [4.78, 5) is 37.9. The second kappa shape index (κ2) is 56.7. The highest BCUT2D eigenvalue weighted by atomic mass is 16.6. The van der Waals surface area contributed by atoms with Gasteiger partial charge in [-0.25, -0.2) is 0 Å². The van der Waals surface area contributed by atoms with Crippen molar-refractivity contribution in [2.45, 2.75) is 303 Å². The monoisotopic (exact) mass is 951 g/mol. The highest BCUT2D eigenvalue weighted by Gasteiger charge is 2.19. The fourth-order valence-corrected chi connectivity index (χ4v) is 8.37. The third-order valence-corrected chi connectivity index (χ3v) is 12.8. The van der Waals surface area contributed by atoms with Crippen LogP contribution in [-0.4, -0.2) is 37.2 Å². The summed E-state index contributed by atoms with van der Waals surface area (Å²) >= 11 is 0. The first-order valence-electron chi connectivity index (χ1n) is 29.3. The van der Waals surface area contributed by atoms with Crippen LogP contribution in [0.1, 0.15) is 297 Å². The summed E-state index contributed by atoms with van der Waals surface area (Å²) < 4.78 is 16.8. The number of esters is 3. The molecule has 0 saturated heterocycles. The van der Waals surface area contributed by atoms with Gasteiger partial charge in [-0.15, -0.1) is 0 Å². The Balaban J connectivity index is 4.05. The van der Waals surface area contributed by atoms with E-state index in [0.717, 1.165) is 89.9 Å². The van der Waals surface area contributed by atoms with Crippen LogP contribution in [-0.2, 0) is 28.6 Å². The van der Waals surface area contributed by atoms with Gasteiger partial charge in [0.05, 0.1) is 0 Å². The van der Waals surface area contributed by atoms with Gasteiger partial charge in [0.25, 0.3) is 0 Å². The van der Waals surface area contributed by atoms with E-state index in [9.17, 15) is 14.4 Å². The normalized spacial score (nSPS) is 12.5. The molecule has 0 aliphatic heterocycles. The summed E-state index contributed by atoms with van der Waals surface area (Å²) in [6.45, 7) is 6.49. The standard InChI is InChI=1S/C62H110O6/c1-4-7-10-13-16-18-20-22-24-25-26-27-28-29-30-31-32-33-34-35-36-37-38-40-41-43-46-49-52-55-61(64)67-58-59(57-66-60(63)54-51-48-45-15-12-9-6-3)68-62(65)56-53-50-47-44-42-39-23-21-19-17-14-11-8-5-2/h7,10,16,18,21-24,26-27,59H,4-6,8-9,11-15,17,19-20,25,28-58H2,1-3H3/b10-7-,18-16-,23-21-,24-22-,27-26-. The summed E-state index contributed by atoms with van der Waals surface area (Å²) in [5.74, 6) is -0.879. The Labute approximate surface area is 421 Å². The minimum absolute atomic E-state index is 0.0741. The van der Waals surface area contributed by atoms with Crippen molar-refractivity contribution >= 4 is 17.9 Å². The summed E-state index contributed by atoms with van der Waals surface area (Å²) in [6.07, 6.45) is 71.1. The number of allylic oxidation sites excluding steroid dienone is 10. The Morgan fingerprint density at radius 2 is 0.574 bits per heavy atom. The second-order valence-electron chi connectivity index (χ2n) is 19.5. The molecular weight excluding hydrogens is 841 g/mol. The average molecular weight is 952 g/mol. The summed E-state index contributed by atoms with van der Waals surface area (Å²) in [5, 5.41) is 0. The fraction of sp³-hybridized carbons (Fsp3) is 0.790. The van der Waals surface area contributed by atoms with Gasteiger partial charge in [0.1, 0.15) is 13.2 Å². The van der Waals surface area contributed by atoms with Crippen molar-refractivity contribution in [2.24, 2.45) is 0 Å². The van der Waals surface area contributed by atoms with Crippen LogP contribution in [0.4, 0.5) is 0 Å². The lowest BCUT2D eigenvalue weighted by molar-refractivity contribution is -0.167. The molecule has 0 spiro atoms. The Morgan fingerprint density at radius 3 is 0.912 bits per heavy atom. The molecule has 0 aromatic heterocycles. The number of hydrogen-bond donors (Lipinski definition) is 0. The predicted molar refractivity (Wildman–Crippen MR) is 293 cm³/mol. The maximum Gasteiger partial charge on any atom is 0.306 e. The molecule has 68 heavy (non-hydrogen) atoms. The molecule has 1 unspecified atom stereocenters. The van der Waals surface area contributed by atoms with E-state index < -0.39 is 6.10 Å². The minimum Gasteiger partial charge on any atom is -0.462 e. The lowest BCUT2D eigenvalue weighted by Gasteiger charge is -2.18. The van der Waals surface area contributed by atoms with Gasteiger partial charge in [-0.3, -0.25) is 14.4 Å². The number of carbonyl (C=O) groups excluding carboxylic acids is 3. The van der Waals surface area contributed by atoms with Crippen molar-refractivity contribution in [1.82, 2.24) is 0 Å². The summed E-state index contributed by atoms with van der Waals surface area (Å²) in [6, 6.07) is 0. The highest BCUT2D eigenvalue weighted by Crippen LogP contribution is 2.16. The zero-order chi connectivity index (χ0) is 49.3. The molecule has 0 bridgehead atoms. The van der Waals surface area contributed by atoms with E-state index >= 15 is 0 Å². The third-order valence-electron chi connectivity index (χ3n) is 12.8. The molecule has 0 saturated carbocycles. The van der Waals surface area contributed by atoms with Gasteiger partial charge in [-0.1, -0.05) is 255 Å². The molecule has 0 amide bonds. The first-order valence-corrected chi connectivity index (χ1v) is 29.3. The molecule has 0 rings (SSSR count). The van der Waals surface area contributed by atoms with Crippen LogP contribution in [0.3, 0.4) is 0 Å². The fourth-order valence-electron chi connectivity index (χ4n) is 8.37. The molecule has 0 aromatic carbocycles. The second-order valence-corrected chi connectivity index (χ2v) is 19.5. The summed E-state index contributed by atoms with van der Waals surface area (Å²) in [5.41, 5.74) is 0. The third kappa shape index (κ3) is 54.1. The van der Waals surface area contributed by atoms with Gasteiger partial charge in [0.2, 0.25) is 0 Å². The first-order chi connectivity index (χ1) is 33.5. The molecule has 0 heterocycles. The van der Waals surface area contributed by atoms with Crippen LogP contribution < -0.4 is 0 Å². The summed E-state index contributed by atoms with van der Waals surface area (Å²) in [7, 11) is 0. The predicted octanol–water partition coefficient (Wildman–Crippen LogP) is 19.6. The van der Waals surface area contributed by atoms with Crippen molar-refractivity contribution in [2.75, 3.05) is 13.2 Å². The van der Waals surface area contributed by atoms with Crippen molar-refractivity contribution in [3.05, 3.63) is 60.8 Å². The molecule has 0 aromatic rings. The average Bonchev–Trinajstić information content (AvgIpc) is 3.34. The number of hydrogen-bond acceptors (Lipinski definition) is 6. The van der Waals surface area contributed by atoms with E-state index in [4.69, 9.17) is 14.2 Å². The van der Waals surface area contributed by atoms with Crippen LogP contribution in [0.25, 0.3) is 0 Å². The van der Waals surface area contributed by atoms with Gasteiger partial charge in [-0.05, 0) is 83.5 Å². The van der Waals surface area contributed by atoms with Crippen molar-refractivity contribution in [1.29, 1.82) is 0 Å². The Bertz CT molecular complexity index is 1230. The van der Waals surface area contributed by atoms with Crippen molar-refractivity contribution in [3.8, 4) is 0 Å². The van der Waals surface area contributed by atoms with Crippen LogP contribution in [0.5, 0.6) is 0 Å². The Morgan fingerprint density at radius 1 is 0.309 bits per heavy atom. The molecule has 6 heteroatoms. The maximum absolute atomic E-state index is 12.8. The highest BCUT2D eigenvalue weighted by molar-refractivity contribution is 5.71. The number of unbranched alkanes of at least 4 members (excludes halogenated alkanes) is 32. The Hall–Kier alpha value is -2.89. The molecule has 0 fully saturated rings. The molecule has 1 atom stereocenters. The number of ether oxygens (including phenoxy) is 3. The van der Waals surface area contributed by atoms with E-state index in [-0.39, 0.29) is 31.1 Å². The molecule has 394 valence electrons. The number of rotatable bonds is 53. The maximum atomic E-state index is 12.8. The van der Waals surface area contributed by atoms with Gasteiger partial charge in [0, 0.05) is 19.3 Å². The molecule has 0 radical (unpaired) electrons. The van der Waals surface area contributed by atoms with Crippen LogP contribution >= 0.6 is 0 Å². The molecular formula is C62H110O6. The largest absolute Gasteiger partial charge is 0.462 e. The minimum atomic E-state index is -0.773. The van der Waals surface area contributed by atoms with Gasteiger partial charge in [0.15, 0.2) is 6.10 Å². The Kier molecular flexibility index (Phi) is 54.3. The van der Waals surface area contributed by atoms with Gasteiger partial charge < -0.3 is 14.2 Å². The van der Waals surface area contributed by atoms with E-state index in [1.165, 1.54) is 167 Å². The zero-order valence-electron chi connectivity index (χ0n) is 45.1. The number of carbonyl (C=O) groups is 3. The van der Waals surface area contributed by atoms with E-state index in [1.807, 2.05) is 0 Å². The first kappa shape index (κ1) is 65.1. The lowest BCUT2D eigenvalue weighted by atomic mass is 10.0. The zero-order valence-corrected chi connectivity index (χ0v) is 45.1. The van der Waals surface area contributed by atoms with Crippen molar-refractivity contribution in [3.63, 3.8) is 0 Å².